The summed E-state index contributed by atoms with van der Waals surface area (Å²) in [6.07, 6.45) is 2.92. The Balaban J connectivity index is 1.72. The number of amides is 2. The SMILES string of the molecule is C=CC(=O)N1C[C@H](C)N(c2nc(=O)n3c4nc(c(F)cc24)-c2c(F)cccc2NC(=O)CCN(C)c2ccnc(C(C)C)c2-3)C[C@H]1C. The van der Waals surface area contributed by atoms with E-state index in [0.717, 1.165) is 6.07 Å². The number of nitrogens with one attached hydrogen (secondary N) is 1. The Morgan fingerprint density at radius 2 is 1.85 bits per heavy atom. The van der Waals surface area contributed by atoms with Crippen LogP contribution >= 0.6 is 0 Å². The van der Waals surface area contributed by atoms with Crippen molar-refractivity contribution in [1.29, 1.82) is 0 Å². The van der Waals surface area contributed by atoms with Crippen molar-refractivity contribution in [3.8, 4) is 16.9 Å². The van der Waals surface area contributed by atoms with Crippen LogP contribution in [0.1, 0.15) is 45.7 Å². The van der Waals surface area contributed by atoms with Crippen LogP contribution in [0.25, 0.3) is 28.0 Å². The number of pyridine rings is 2. The molecule has 2 bridgehead atoms. The van der Waals surface area contributed by atoms with Gasteiger partial charge < -0.3 is 20.0 Å². The maximum Gasteiger partial charge on any atom is 0.355 e. The van der Waals surface area contributed by atoms with Gasteiger partial charge >= 0.3 is 5.69 Å². The van der Waals surface area contributed by atoms with Crippen LogP contribution in [0.4, 0.5) is 26.0 Å². The minimum atomic E-state index is -0.866. The first-order chi connectivity index (χ1) is 22.4. The van der Waals surface area contributed by atoms with Gasteiger partial charge in [-0.1, -0.05) is 26.5 Å². The second kappa shape index (κ2) is 12.2. The van der Waals surface area contributed by atoms with Crippen molar-refractivity contribution in [2.45, 2.75) is 52.1 Å². The summed E-state index contributed by atoms with van der Waals surface area (Å²) in [5.41, 5.74) is 0.337. The van der Waals surface area contributed by atoms with E-state index < -0.39 is 23.2 Å². The molecule has 4 aromatic rings. The zero-order valence-corrected chi connectivity index (χ0v) is 26.9. The summed E-state index contributed by atoms with van der Waals surface area (Å²) in [7, 11) is 1.80. The molecule has 6 rings (SSSR count). The first-order valence-corrected chi connectivity index (χ1v) is 15.5. The first kappa shape index (κ1) is 31.8. The molecule has 2 atom stereocenters. The number of nitrogens with zero attached hydrogens (tertiary/aromatic N) is 7. The number of carbonyl (C=O) groups excluding carboxylic acids is 2. The number of rotatable bonds is 3. The molecule has 13 heteroatoms. The fraction of sp³-hybridized carbons (Fsp3) is 0.353. The van der Waals surface area contributed by atoms with E-state index in [1.807, 2.05) is 37.5 Å². The molecule has 5 heterocycles. The van der Waals surface area contributed by atoms with E-state index in [1.54, 1.807) is 24.2 Å². The van der Waals surface area contributed by atoms with Gasteiger partial charge in [-0.25, -0.2) is 23.1 Å². The number of fused-ring (bicyclic) bond motifs is 5. The summed E-state index contributed by atoms with van der Waals surface area (Å²) in [5.74, 6) is -2.24. The highest BCUT2D eigenvalue weighted by molar-refractivity contribution is 5.97. The van der Waals surface area contributed by atoms with Crippen molar-refractivity contribution in [2.75, 3.05) is 41.8 Å². The van der Waals surface area contributed by atoms with Gasteiger partial charge in [-0.05, 0) is 50.1 Å². The predicted molar refractivity (Wildman–Crippen MR) is 177 cm³/mol. The Bertz CT molecular complexity index is 1990. The lowest BCUT2D eigenvalue weighted by Gasteiger charge is -2.44. The molecule has 0 aliphatic carbocycles. The third-order valence-corrected chi connectivity index (χ3v) is 8.83. The number of piperazine rings is 1. The molecule has 0 radical (unpaired) electrons. The highest BCUT2D eigenvalue weighted by Crippen LogP contribution is 2.38. The Morgan fingerprint density at radius 3 is 2.57 bits per heavy atom. The smallest absolute Gasteiger partial charge is 0.355 e. The number of benzene rings is 1. The van der Waals surface area contributed by atoms with Crippen molar-refractivity contribution >= 4 is 40.0 Å². The van der Waals surface area contributed by atoms with Crippen LogP contribution in [0.3, 0.4) is 0 Å². The standard InChI is InChI=1S/C34H36F2N8O3/c1-7-27(46)42-16-20(5)43(17-19(42)4)32-21-15-23(36)30-28-22(35)9-8-10-24(28)38-26(45)12-14-41(6)25-11-13-37-29(18(2)3)31(25)44(33(21)39-30)34(47)40-32/h7-11,13,15,18-20H,1,12,14,16-17H2,2-6H3,(H,38,45)/t19-,20+/m1/s1. The number of halogens is 2. The van der Waals surface area contributed by atoms with Crippen molar-refractivity contribution in [1.82, 2.24) is 24.4 Å². The van der Waals surface area contributed by atoms with Crippen LogP contribution < -0.4 is 20.8 Å². The fourth-order valence-electron chi connectivity index (χ4n) is 6.44. The Morgan fingerprint density at radius 1 is 1.09 bits per heavy atom. The monoisotopic (exact) mass is 642 g/mol. The Labute approximate surface area is 270 Å². The molecular weight excluding hydrogens is 606 g/mol. The second-order valence-electron chi connectivity index (χ2n) is 12.4. The molecule has 2 amide bonds. The zero-order valence-electron chi connectivity index (χ0n) is 26.9. The van der Waals surface area contributed by atoms with Gasteiger partial charge in [0.2, 0.25) is 11.8 Å². The van der Waals surface area contributed by atoms with Gasteiger partial charge in [-0.15, -0.1) is 0 Å². The molecule has 1 aromatic carbocycles. The van der Waals surface area contributed by atoms with E-state index in [0.29, 0.717) is 30.2 Å². The van der Waals surface area contributed by atoms with Gasteiger partial charge in [0.15, 0.2) is 11.5 Å². The average Bonchev–Trinajstić information content (AvgIpc) is 3.04. The number of carbonyl (C=O) groups is 2. The van der Waals surface area contributed by atoms with E-state index in [4.69, 9.17) is 4.98 Å². The maximum atomic E-state index is 16.4. The largest absolute Gasteiger partial charge is 0.372 e. The van der Waals surface area contributed by atoms with Gasteiger partial charge in [0.1, 0.15) is 17.3 Å². The summed E-state index contributed by atoms with van der Waals surface area (Å²) in [6.45, 7) is 12.1. The average molecular weight is 643 g/mol. The van der Waals surface area contributed by atoms with Gasteiger partial charge in [-0.2, -0.15) is 4.98 Å². The van der Waals surface area contributed by atoms with Crippen LogP contribution in [0, 0.1) is 11.6 Å². The van der Waals surface area contributed by atoms with E-state index in [1.165, 1.54) is 28.8 Å². The Hall–Kier alpha value is -5.20. The lowest BCUT2D eigenvalue weighted by molar-refractivity contribution is -0.128. The molecule has 47 heavy (non-hydrogen) atoms. The molecule has 1 fully saturated rings. The van der Waals surface area contributed by atoms with Crippen molar-refractivity contribution in [2.24, 2.45) is 0 Å². The van der Waals surface area contributed by atoms with Gasteiger partial charge in [0.25, 0.3) is 0 Å². The van der Waals surface area contributed by atoms with Crippen LogP contribution in [-0.4, -0.2) is 75.0 Å². The molecule has 11 nitrogen and oxygen atoms in total. The topological polar surface area (TPSA) is 117 Å². The fourth-order valence-corrected chi connectivity index (χ4v) is 6.44. The minimum absolute atomic E-state index is 0.0244. The molecule has 3 aromatic heterocycles. The van der Waals surface area contributed by atoms with Crippen LogP contribution in [0.5, 0.6) is 0 Å². The Kier molecular flexibility index (Phi) is 8.24. The van der Waals surface area contributed by atoms with E-state index in [9.17, 15) is 14.4 Å². The lowest BCUT2D eigenvalue weighted by atomic mass is 10.0. The van der Waals surface area contributed by atoms with E-state index in [-0.39, 0.29) is 70.7 Å². The molecule has 0 saturated carbocycles. The van der Waals surface area contributed by atoms with Gasteiger partial charge in [0, 0.05) is 51.4 Å². The number of aromatic nitrogens is 4. The van der Waals surface area contributed by atoms with Crippen molar-refractivity contribution < 1.29 is 18.4 Å². The van der Waals surface area contributed by atoms with Crippen molar-refractivity contribution in [3.63, 3.8) is 0 Å². The van der Waals surface area contributed by atoms with Crippen LogP contribution in [-0.2, 0) is 9.59 Å². The number of hydrogen-bond acceptors (Lipinski definition) is 8. The molecule has 0 unspecified atom stereocenters. The van der Waals surface area contributed by atoms with Crippen LogP contribution in [0.2, 0.25) is 0 Å². The molecule has 1 saturated heterocycles. The summed E-state index contributed by atoms with van der Waals surface area (Å²) in [5, 5.41) is 2.95. The second-order valence-corrected chi connectivity index (χ2v) is 12.4. The lowest BCUT2D eigenvalue weighted by Crippen LogP contribution is -2.58. The number of hydrogen-bond donors (Lipinski definition) is 1. The summed E-state index contributed by atoms with van der Waals surface area (Å²) < 4.78 is 33.3. The molecule has 1 N–H and O–H groups in total. The highest BCUT2D eigenvalue weighted by atomic mass is 19.1. The van der Waals surface area contributed by atoms with E-state index >= 15 is 8.78 Å². The summed E-state index contributed by atoms with van der Waals surface area (Å²) >= 11 is 0. The molecule has 2 aliphatic heterocycles. The number of anilines is 3. The highest BCUT2D eigenvalue weighted by Gasteiger charge is 2.35. The van der Waals surface area contributed by atoms with Gasteiger partial charge in [0.05, 0.1) is 33.7 Å². The molecule has 244 valence electrons. The molecule has 2 aliphatic rings. The minimum Gasteiger partial charge on any atom is -0.372 e. The summed E-state index contributed by atoms with van der Waals surface area (Å²) in [6, 6.07) is 6.44. The summed E-state index contributed by atoms with van der Waals surface area (Å²) in [4.78, 5) is 59.3. The predicted octanol–water partition coefficient (Wildman–Crippen LogP) is 4.63. The molecule has 0 spiro atoms. The normalized spacial score (nSPS) is 18.3. The zero-order chi connectivity index (χ0) is 33.7. The molecular formula is C34H36F2N8O3. The van der Waals surface area contributed by atoms with Crippen molar-refractivity contribution in [3.05, 3.63) is 77.0 Å². The third kappa shape index (κ3) is 5.49. The van der Waals surface area contributed by atoms with Crippen LogP contribution in [0.15, 0.2) is 54.0 Å². The quantitative estimate of drug-likeness (QED) is 0.322. The third-order valence-electron chi connectivity index (χ3n) is 8.83. The van der Waals surface area contributed by atoms with E-state index in [2.05, 4.69) is 21.9 Å². The maximum absolute atomic E-state index is 16.4. The van der Waals surface area contributed by atoms with Gasteiger partial charge in [-0.3, -0.25) is 14.6 Å². The first-order valence-electron chi connectivity index (χ1n) is 15.5.